The molecule has 0 saturated heterocycles. The lowest BCUT2D eigenvalue weighted by Crippen LogP contribution is -2.32. The van der Waals surface area contributed by atoms with E-state index in [0.29, 0.717) is 0 Å². The summed E-state index contributed by atoms with van der Waals surface area (Å²) in [6, 6.07) is 24.0. The fourth-order valence-corrected chi connectivity index (χ4v) is 2.32. The molecule has 0 fully saturated rings. The maximum atomic E-state index is 11.8. The fraction of sp³-hybridized carbons (Fsp3) is 0.0909. The lowest BCUT2D eigenvalue weighted by molar-refractivity contribution is -0.138. The van der Waals surface area contributed by atoms with E-state index in [9.17, 15) is 9.59 Å². The number of phenolic OH excluding ortho intramolecular Hbond substituents is 1. The summed E-state index contributed by atoms with van der Waals surface area (Å²) in [5.41, 5.74) is 7.59. The Morgan fingerprint density at radius 1 is 0.778 bits per heavy atom. The summed E-state index contributed by atoms with van der Waals surface area (Å²) in [7, 11) is 0. The van der Waals surface area contributed by atoms with Crippen molar-refractivity contribution in [3.63, 3.8) is 0 Å². The molecule has 5 heteroatoms. The lowest BCUT2D eigenvalue weighted by Gasteiger charge is -2.05. The predicted octanol–water partition coefficient (Wildman–Crippen LogP) is 3.26. The van der Waals surface area contributed by atoms with Gasteiger partial charge in [-0.3, -0.25) is 9.59 Å². The highest BCUT2D eigenvalue weighted by Gasteiger charge is 2.11. The average molecular weight is 363 g/mol. The minimum absolute atomic E-state index is 0.0752. The molecule has 0 aliphatic carbocycles. The van der Waals surface area contributed by atoms with Crippen LogP contribution in [0.15, 0.2) is 84.9 Å². The van der Waals surface area contributed by atoms with E-state index in [1.54, 1.807) is 12.1 Å². The Labute approximate surface area is 157 Å². The smallest absolute Gasteiger partial charge is 0.320 e. The van der Waals surface area contributed by atoms with Crippen molar-refractivity contribution < 1.29 is 19.8 Å². The zero-order valence-corrected chi connectivity index (χ0v) is 14.7. The normalized spacial score (nSPS) is 11.0. The number of rotatable bonds is 5. The van der Waals surface area contributed by atoms with Crippen molar-refractivity contribution >= 4 is 11.8 Å². The number of hydrogen-bond donors (Lipinski definition) is 3. The van der Waals surface area contributed by atoms with Crippen molar-refractivity contribution in [2.24, 2.45) is 5.73 Å². The van der Waals surface area contributed by atoms with Gasteiger partial charge in [0.25, 0.3) is 0 Å². The molecule has 0 saturated carbocycles. The first-order chi connectivity index (χ1) is 13.0. The van der Waals surface area contributed by atoms with E-state index in [1.807, 2.05) is 60.7 Å². The molecule has 0 aliphatic rings. The van der Waals surface area contributed by atoms with Gasteiger partial charge in [-0.15, -0.1) is 0 Å². The third-order valence-corrected chi connectivity index (χ3v) is 3.78. The first-order valence-corrected chi connectivity index (χ1v) is 8.38. The van der Waals surface area contributed by atoms with Gasteiger partial charge in [-0.1, -0.05) is 72.8 Å². The third kappa shape index (κ3) is 6.41. The number of carbonyl (C=O) groups excluding carboxylic acids is 1. The summed E-state index contributed by atoms with van der Waals surface area (Å²) >= 11 is 0. The van der Waals surface area contributed by atoms with Crippen molar-refractivity contribution in [2.75, 3.05) is 0 Å². The molecule has 27 heavy (non-hydrogen) atoms. The van der Waals surface area contributed by atoms with Crippen LogP contribution in [0.5, 0.6) is 5.75 Å². The lowest BCUT2D eigenvalue weighted by atomic mass is 10.0. The van der Waals surface area contributed by atoms with Gasteiger partial charge in [0.2, 0.25) is 0 Å². The molecular formula is C22H21NO4. The molecule has 3 aromatic carbocycles. The van der Waals surface area contributed by atoms with Crippen LogP contribution < -0.4 is 5.73 Å². The number of carboxylic acids is 1. The minimum Gasteiger partial charge on any atom is -0.508 e. The highest BCUT2D eigenvalue weighted by molar-refractivity contribution is 6.08. The van der Waals surface area contributed by atoms with Gasteiger partial charge < -0.3 is 15.9 Å². The van der Waals surface area contributed by atoms with Crippen molar-refractivity contribution in [3.05, 3.63) is 102 Å². The van der Waals surface area contributed by atoms with E-state index in [0.717, 1.165) is 16.7 Å². The fourth-order valence-electron chi connectivity index (χ4n) is 2.32. The molecule has 3 rings (SSSR count). The predicted molar refractivity (Wildman–Crippen MR) is 104 cm³/mol. The summed E-state index contributed by atoms with van der Waals surface area (Å²) in [5, 5.41) is 17.5. The van der Waals surface area contributed by atoms with Crippen LogP contribution in [0, 0.1) is 0 Å². The molecule has 3 aromatic rings. The molecular weight excluding hydrogens is 342 g/mol. The number of phenols is 1. The van der Waals surface area contributed by atoms with Gasteiger partial charge in [-0.25, -0.2) is 0 Å². The van der Waals surface area contributed by atoms with E-state index in [2.05, 4.69) is 0 Å². The van der Waals surface area contributed by atoms with Gasteiger partial charge in [-0.2, -0.15) is 0 Å². The monoisotopic (exact) mass is 363 g/mol. The van der Waals surface area contributed by atoms with Crippen LogP contribution in [-0.4, -0.2) is 28.0 Å². The van der Waals surface area contributed by atoms with Gasteiger partial charge in [0.05, 0.1) is 0 Å². The van der Waals surface area contributed by atoms with Crippen LogP contribution in [0.1, 0.15) is 21.5 Å². The molecule has 5 nitrogen and oxygen atoms in total. The zero-order valence-electron chi connectivity index (χ0n) is 14.7. The van der Waals surface area contributed by atoms with Crippen molar-refractivity contribution in [3.8, 4) is 5.75 Å². The largest absolute Gasteiger partial charge is 0.508 e. The Balaban J connectivity index is 0.000000194. The SMILES string of the molecule is N[C@@H](Cc1ccc(O)cc1)C(=O)O.O=C(c1ccccc1)c1ccccc1. The third-order valence-electron chi connectivity index (χ3n) is 3.78. The number of benzene rings is 3. The zero-order chi connectivity index (χ0) is 19.6. The van der Waals surface area contributed by atoms with Crippen LogP contribution in [0.4, 0.5) is 0 Å². The molecule has 0 heterocycles. The van der Waals surface area contributed by atoms with E-state index in [1.165, 1.54) is 12.1 Å². The van der Waals surface area contributed by atoms with Gasteiger partial charge in [0, 0.05) is 11.1 Å². The number of hydrogen-bond acceptors (Lipinski definition) is 4. The topological polar surface area (TPSA) is 101 Å². The minimum atomic E-state index is -1.02. The standard InChI is InChI=1S/C13H10O.C9H11NO3/c14-13(11-7-3-1-4-8-11)12-9-5-2-6-10-12;10-8(9(12)13)5-6-1-3-7(11)4-2-6/h1-10H;1-4,8,11H,5,10H2,(H,12,13)/t;8-/m.0/s1. The molecule has 0 spiro atoms. The van der Waals surface area contributed by atoms with Crippen molar-refractivity contribution in [1.29, 1.82) is 0 Å². The number of aliphatic carboxylic acids is 1. The molecule has 0 unspecified atom stereocenters. The summed E-state index contributed by atoms with van der Waals surface area (Å²) < 4.78 is 0. The summed E-state index contributed by atoms with van der Waals surface area (Å²) in [6.45, 7) is 0. The first kappa shape index (κ1) is 19.9. The summed E-state index contributed by atoms with van der Waals surface area (Å²) in [4.78, 5) is 22.2. The van der Waals surface area contributed by atoms with E-state index >= 15 is 0 Å². The number of nitrogens with two attached hydrogens (primary N) is 1. The first-order valence-electron chi connectivity index (χ1n) is 8.38. The van der Waals surface area contributed by atoms with Crippen LogP contribution in [0.3, 0.4) is 0 Å². The summed E-state index contributed by atoms with van der Waals surface area (Å²) in [6.07, 6.45) is 0.273. The van der Waals surface area contributed by atoms with Crippen LogP contribution in [-0.2, 0) is 11.2 Å². The Morgan fingerprint density at radius 3 is 1.63 bits per heavy atom. The molecule has 1 atom stereocenters. The van der Waals surface area contributed by atoms with Crippen molar-refractivity contribution in [1.82, 2.24) is 0 Å². The highest BCUT2D eigenvalue weighted by atomic mass is 16.4. The number of aromatic hydroxyl groups is 1. The van der Waals surface area contributed by atoms with Crippen molar-refractivity contribution in [2.45, 2.75) is 12.5 Å². The maximum Gasteiger partial charge on any atom is 0.320 e. The van der Waals surface area contributed by atoms with E-state index < -0.39 is 12.0 Å². The molecule has 0 radical (unpaired) electrons. The second kappa shape index (κ2) is 9.89. The second-order valence-electron chi connectivity index (χ2n) is 5.88. The molecule has 0 bridgehead atoms. The molecule has 0 aromatic heterocycles. The quantitative estimate of drug-likeness (QED) is 0.604. The highest BCUT2D eigenvalue weighted by Crippen LogP contribution is 2.11. The van der Waals surface area contributed by atoms with Crippen LogP contribution in [0.2, 0.25) is 0 Å². The van der Waals surface area contributed by atoms with Gasteiger partial charge in [0.15, 0.2) is 5.78 Å². The summed E-state index contributed by atoms with van der Waals surface area (Å²) in [5.74, 6) is -0.785. The molecule has 138 valence electrons. The van der Waals surface area contributed by atoms with Gasteiger partial charge in [-0.05, 0) is 24.1 Å². The Hall–Kier alpha value is -3.44. The maximum absolute atomic E-state index is 11.8. The van der Waals surface area contributed by atoms with Gasteiger partial charge >= 0.3 is 5.97 Å². The van der Waals surface area contributed by atoms with E-state index in [-0.39, 0.29) is 18.0 Å². The Morgan fingerprint density at radius 2 is 1.22 bits per heavy atom. The van der Waals surface area contributed by atoms with Gasteiger partial charge in [0.1, 0.15) is 11.8 Å². The van der Waals surface area contributed by atoms with Crippen LogP contribution >= 0.6 is 0 Å². The number of carboxylic acid groups (broad SMARTS) is 1. The van der Waals surface area contributed by atoms with Crippen LogP contribution in [0.25, 0.3) is 0 Å². The van der Waals surface area contributed by atoms with E-state index in [4.69, 9.17) is 15.9 Å². The number of ketones is 1. The molecule has 0 aliphatic heterocycles. The number of carbonyl (C=O) groups is 2. The second-order valence-corrected chi connectivity index (χ2v) is 5.88. The molecule has 0 amide bonds. The Bertz CT molecular complexity index is 820. The average Bonchev–Trinajstić information content (AvgIpc) is 2.71. The molecule has 4 N–H and O–H groups in total. The Kier molecular flexibility index (Phi) is 7.28.